The maximum absolute atomic E-state index is 5.49. The molecular formula is C24H35NO2. The van der Waals surface area contributed by atoms with Gasteiger partial charge in [0.05, 0.1) is 14.2 Å². The predicted molar refractivity (Wildman–Crippen MR) is 116 cm³/mol. The zero-order valence-electron chi connectivity index (χ0n) is 17.2. The van der Waals surface area contributed by atoms with Crippen molar-refractivity contribution in [3.05, 3.63) is 42.5 Å². The van der Waals surface area contributed by atoms with Gasteiger partial charge in [0.15, 0.2) is 0 Å². The predicted octanol–water partition coefficient (Wildman–Crippen LogP) is 6.92. The van der Waals surface area contributed by atoms with E-state index in [2.05, 4.69) is 36.5 Å². The molecule has 2 aromatic carbocycles. The number of rotatable bonds is 13. The molecule has 0 aliphatic rings. The van der Waals surface area contributed by atoms with Gasteiger partial charge in [-0.15, -0.1) is 0 Å². The Bertz CT molecular complexity index is 652. The summed E-state index contributed by atoms with van der Waals surface area (Å²) in [6.07, 6.45) is 10.8. The summed E-state index contributed by atoms with van der Waals surface area (Å²) < 4.78 is 10.8. The highest BCUT2D eigenvalue weighted by atomic mass is 16.5. The molecule has 148 valence electrons. The first-order valence-electron chi connectivity index (χ1n) is 10.3. The van der Waals surface area contributed by atoms with Crippen molar-refractivity contribution in [2.45, 2.75) is 58.3 Å². The second kappa shape index (κ2) is 12.3. The Labute approximate surface area is 165 Å². The van der Waals surface area contributed by atoms with Gasteiger partial charge in [0.1, 0.15) is 11.5 Å². The molecule has 0 aromatic heterocycles. The number of benzene rings is 2. The molecule has 1 N–H and O–H groups in total. The van der Waals surface area contributed by atoms with E-state index >= 15 is 0 Å². The van der Waals surface area contributed by atoms with Crippen LogP contribution in [0.5, 0.6) is 11.5 Å². The minimum Gasteiger partial charge on any atom is -0.497 e. The van der Waals surface area contributed by atoms with Gasteiger partial charge in [0.2, 0.25) is 0 Å². The Kier molecular flexibility index (Phi) is 9.61. The van der Waals surface area contributed by atoms with E-state index in [1.165, 1.54) is 57.1 Å². The third kappa shape index (κ3) is 7.16. The highest BCUT2D eigenvalue weighted by molar-refractivity contribution is 5.73. The summed E-state index contributed by atoms with van der Waals surface area (Å²) in [5, 5.41) is 3.53. The van der Waals surface area contributed by atoms with Gasteiger partial charge in [-0.2, -0.15) is 0 Å². The molecule has 27 heavy (non-hydrogen) atoms. The molecule has 2 rings (SSSR count). The van der Waals surface area contributed by atoms with Crippen molar-refractivity contribution in [1.82, 2.24) is 0 Å². The third-order valence-corrected chi connectivity index (χ3v) is 4.96. The first-order chi connectivity index (χ1) is 13.3. The fourth-order valence-corrected chi connectivity index (χ4v) is 3.30. The summed E-state index contributed by atoms with van der Waals surface area (Å²) in [7, 11) is 3.38. The van der Waals surface area contributed by atoms with E-state index in [1.54, 1.807) is 14.2 Å². The van der Waals surface area contributed by atoms with Crippen molar-refractivity contribution in [2.24, 2.45) is 0 Å². The van der Waals surface area contributed by atoms with Crippen LogP contribution in [0.1, 0.15) is 58.3 Å². The molecule has 0 amide bonds. The fraction of sp³-hybridized carbons (Fsp3) is 0.500. The Balaban J connectivity index is 1.77. The summed E-state index contributed by atoms with van der Waals surface area (Å²) >= 11 is 0. The average molecular weight is 370 g/mol. The Hall–Kier alpha value is -2.16. The molecule has 0 saturated heterocycles. The van der Waals surface area contributed by atoms with Crippen LogP contribution in [-0.2, 0) is 0 Å². The van der Waals surface area contributed by atoms with Crippen LogP contribution in [0.2, 0.25) is 0 Å². The van der Waals surface area contributed by atoms with Crippen LogP contribution in [0.25, 0.3) is 11.1 Å². The molecule has 0 unspecified atom stereocenters. The maximum atomic E-state index is 5.49. The lowest BCUT2D eigenvalue weighted by Gasteiger charge is -2.12. The Morgan fingerprint density at radius 1 is 0.741 bits per heavy atom. The molecule has 3 nitrogen and oxygen atoms in total. The molecule has 0 atom stereocenters. The van der Waals surface area contributed by atoms with Crippen molar-refractivity contribution in [3.8, 4) is 22.6 Å². The monoisotopic (exact) mass is 369 g/mol. The van der Waals surface area contributed by atoms with Gasteiger partial charge in [-0.3, -0.25) is 0 Å². The topological polar surface area (TPSA) is 30.5 Å². The minimum atomic E-state index is 0.836. The zero-order valence-corrected chi connectivity index (χ0v) is 17.2. The highest BCUT2D eigenvalue weighted by Crippen LogP contribution is 2.33. The summed E-state index contributed by atoms with van der Waals surface area (Å²) in [5.74, 6) is 1.69. The van der Waals surface area contributed by atoms with Gasteiger partial charge in [0.25, 0.3) is 0 Å². The summed E-state index contributed by atoms with van der Waals surface area (Å²) in [6.45, 7) is 3.31. The first-order valence-corrected chi connectivity index (χ1v) is 10.3. The summed E-state index contributed by atoms with van der Waals surface area (Å²) in [4.78, 5) is 0. The average Bonchev–Trinajstić information content (AvgIpc) is 2.72. The maximum Gasteiger partial charge on any atom is 0.126 e. The smallest absolute Gasteiger partial charge is 0.126 e. The lowest BCUT2D eigenvalue weighted by molar-refractivity contribution is 0.404. The SMILES string of the molecule is CCCCCCCCCCNc1ccc(-c2cc(OC)ccc2OC)cc1. The van der Waals surface area contributed by atoms with E-state index in [4.69, 9.17) is 9.47 Å². The zero-order chi connectivity index (χ0) is 19.3. The molecule has 0 spiro atoms. The van der Waals surface area contributed by atoms with Crippen LogP contribution in [0.15, 0.2) is 42.5 Å². The normalized spacial score (nSPS) is 10.6. The molecule has 0 aliphatic heterocycles. The number of methoxy groups -OCH3 is 2. The van der Waals surface area contributed by atoms with Gasteiger partial charge < -0.3 is 14.8 Å². The number of nitrogens with one attached hydrogen (secondary N) is 1. The summed E-state index contributed by atoms with van der Waals surface area (Å²) in [5.41, 5.74) is 3.35. The van der Waals surface area contributed by atoms with Crippen LogP contribution >= 0.6 is 0 Å². The van der Waals surface area contributed by atoms with E-state index in [9.17, 15) is 0 Å². The van der Waals surface area contributed by atoms with Gasteiger partial charge in [-0.05, 0) is 42.3 Å². The van der Waals surface area contributed by atoms with Crippen molar-refractivity contribution in [1.29, 1.82) is 0 Å². The molecule has 0 bridgehead atoms. The van der Waals surface area contributed by atoms with Crippen LogP contribution < -0.4 is 14.8 Å². The molecule has 2 aromatic rings. The van der Waals surface area contributed by atoms with Gasteiger partial charge >= 0.3 is 0 Å². The minimum absolute atomic E-state index is 0.836. The van der Waals surface area contributed by atoms with Crippen LogP contribution in [0.4, 0.5) is 5.69 Å². The van der Waals surface area contributed by atoms with Gasteiger partial charge in [-0.25, -0.2) is 0 Å². The number of hydrogen-bond acceptors (Lipinski definition) is 3. The van der Waals surface area contributed by atoms with Crippen molar-refractivity contribution >= 4 is 5.69 Å². The second-order valence-corrected chi connectivity index (χ2v) is 7.05. The Morgan fingerprint density at radius 3 is 2.04 bits per heavy atom. The lowest BCUT2D eigenvalue weighted by atomic mass is 10.0. The van der Waals surface area contributed by atoms with Gasteiger partial charge in [0, 0.05) is 17.8 Å². The van der Waals surface area contributed by atoms with E-state index in [-0.39, 0.29) is 0 Å². The van der Waals surface area contributed by atoms with Gasteiger partial charge in [-0.1, -0.05) is 64.0 Å². The quantitative estimate of drug-likeness (QED) is 0.389. The Morgan fingerprint density at radius 2 is 1.41 bits per heavy atom. The van der Waals surface area contributed by atoms with Crippen LogP contribution in [-0.4, -0.2) is 20.8 Å². The lowest BCUT2D eigenvalue weighted by Crippen LogP contribution is -2.01. The van der Waals surface area contributed by atoms with E-state index < -0.39 is 0 Å². The van der Waals surface area contributed by atoms with E-state index in [1.807, 2.05) is 18.2 Å². The van der Waals surface area contributed by atoms with Crippen molar-refractivity contribution in [2.75, 3.05) is 26.1 Å². The van der Waals surface area contributed by atoms with Crippen LogP contribution in [0, 0.1) is 0 Å². The van der Waals surface area contributed by atoms with E-state index in [0.717, 1.165) is 29.2 Å². The fourth-order valence-electron chi connectivity index (χ4n) is 3.30. The molecular weight excluding hydrogens is 334 g/mol. The number of unbranched alkanes of at least 4 members (excludes halogenated alkanes) is 7. The largest absolute Gasteiger partial charge is 0.497 e. The van der Waals surface area contributed by atoms with E-state index in [0.29, 0.717) is 0 Å². The van der Waals surface area contributed by atoms with Crippen molar-refractivity contribution in [3.63, 3.8) is 0 Å². The number of anilines is 1. The second-order valence-electron chi connectivity index (χ2n) is 7.05. The summed E-state index contributed by atoms with van der Waals surface area (Å²) in [6, 6.07) is 14.4. The molecule has 3 heteroatoms. The molecule has 0 aliphatic carbocycles. The molecule has 0 fully saturated rings. The first kappa shape index (κ1) is 21.1. The number of hydrogen-bond donors (Lipinski definition) is 1. The van der Waals surface area contributed by atoms with Crippen LogP contribution in [0.3, 0.4) is 0 Å². The number of ether oxygens (including phenoxy) is 2. The third-order valence-electron chi connectivity index (χ3n) is 4.96. The molecule has 0 heterocycles. The standard InChI is InChI=1S/C24H35NO2/c1-4-5-6-7-8-9-10-11-18-25-21-14-12-20(13-15-21)23-19-22(26-2)16-17-24(23)27-3/h12-17,19,25H,4-11,18H2,1-3H3. The van der Waals surface area contributed by atoms with Crippen molar-refractivity contribution < 1.29 is 9.47 Å². The molecule has 0 radical (unpaired) electrons. The molecule has 0 saturated carbocycles. The highest BCUT2D eigenvalue weighted by Gasteiger charge is 2.07.